The number of likely N-dealkylation sites (tertiary alicyclic amines) is 1. The van der Waals surface area contributed by atoms with Crippen molar-refractivity contribution in [2.45, 2.75) is 31.8 Å². The predicted octanol–water partition coefficient (Wildman–Crippen LogP) is 3.44. The van der Waals surface area contributed by atoms with Crippen LogP contribution in [-0.2, 0) is 6.54 Å². The minimum absolute atomic E-state index is 0.0135. The van der Waals surface area contributed by atoms with E-state index in [1.807, 2.05) is 25.1 Å². The molecule has 1 fully saturated rings. The van der Waals surface area contributed by atoms with Gasteiger partial charge < -0.3 is 14.8 Å². The van der Waals surface area contributed by atoms with Crippen molar-refractivity contribution in [2.24, 2.45) is 0 Å². The number of hydrogen-bond acceptors (Lipinski definition) is 8. The first-order chi connectivity index (χ1) is 16.0. The van der Waals surface area contributed by atoms with Gasteiger partial charge in [0, 0.05) is 25.0 Å². The van der Waals surface area contributed by atoms with Gasteiger partial charge in [0.2, 0.25) is 0 Å². The lowest BCUT2D eigenvalue weighted by Crippen LogP contribution is -2.50. The number of hydrogen-bond donors (Lipinski definition) is 2. The Morgan fingerprint density at radius 1 is 1.15 bits per heavy atom. The molecule has 4 rings (SSSR count). The third kappa shape index (κ3) is 5.96. The van der Waals surface area contributed by atoms with Crippen molar-refractivity contribution < 1.29 is 14.3 Å². The van der Waals surface area contributed by atoms with Gasteiger partial charge in [0.1, 0.15) is 16.6 Å². The number of ether oxygens (including phenoxy) is 2. The number of piperidine rings is 1. The highest BCUT2D eigenvalue weighted by molar-refractivity contribution is 7.10. The van der Waals surface area contributed by atoms with Crippen molar-refractivity contribution in [1.29, 1.82) is 0 Å². The molecule has 2 atom stereocenters. The summed E-state index contributed by atoms with van der Waals surface area (Å²) in [5.74, 6) is 2.30. The number of urea groups is 1. The minimum atomic E-state index is -0.214. The van der Waals surface area contributed by atoms with Crippen LogP contribution in [0.2, 0.25) is 0 Å². The van der Waals surface area contributed by atoms with Gasteiger partial charge in [-0.3, -0.25) is 10.2 Å². The van der Waals surface area contributed by atoms with Gasteiger partial charge in [-0.2, -0.15) is 4.37 Å². The molecule has 0 saturated carbocycles. The molecular weight excluding hydrogens is 440 g/mol. The maximum absolute atomic E-state index is 12.7. The number of aryl methyl sites for hydroxylation is 1. The summed E-state index contributed by atoms with van der Waals surface area (Å²) in [7, 11) is 3.25. The fourth-order valence-electron chi connectivity index (χ4n) is 3.99. The fraction of sp³-hybridized carbons (Fsp3) is 0.391. The van der Waals surface area contributed by atoms with Crippen LogP contribution in [-0.4, -0.2) is 58.6 Å². The Bertz CT molecular complexity index is 1060. The van der Waals surface area contributed by atoms with Crippen molar-refractivity contribution in [2.75, 3.05) is 32.6 Å². The first-order valence-electron chi connectivity index (χ1n) is 10.8. The third-order valence-corrected chi connectivity index (χ3v) is 6.50. The number of rotatable bonds is 7. The number of methoxy groups -OCH3 is 2. The molecule has 2 N–H and O–H groups in total. The lowest BCUT2D eigenvalue weighted by Gasteiger charge is -2.39. The van der Waals surface area contributed by atoms with Crippen molar-refractivity contribution in [3.05, 3.63) is 59.8 Å². The number of aromatic nitrogens is 3. The van der Waals surface area contributed by atoms with Gasteiger partial charge in [0.05, 0.1) is 38.9 Å². The van der Waals surface area contributed by atoms with E-state index in [1.54, 1.807) is 26.6 Å². The number of carbonyl (C=O) groups excluding carboxylic acids is 1. The SMILES string of the molecule is COc1ccc(C2CN(Cc3ncc(OC)cn3)CC[C@H]2NC(=O)Nc2cc(C)ns2)cc1. The van der Waals surface area contributed by atoms with Crippen LogP contribution in [0, 0.1) is 6.92 Å². The Morgan fingerprint density at radius 3 is 2.52 bits per heavy atom. The van der Waals surface area contributed by atoms with Crippen LogP contribution in [0.15, 0.2) is 42.7 Å². The van der Waals surface area contributed by atoms with Crippen LogP contribution >= 0.6 is 11.5 Å². The Labute approximate surface area is 197 Å². The van der Waals surface area contributed by atoms with E-state index < -0.39 is 0 Å². The molecule has 1 aromatic carbocycles. The van der Waals surface area contributed by atoms with E-state index in [0.717, 1.165) is 47.3 Å². The number of anilines is 1. The van der Waals surface area contributed by atoms with Crippen molar-refractivity contribution in [3.8, 4) is 11.5 Å². The molecule has 0 aliphatic carbocycles. The molecule has 33 heavy (non-hydrogen) atoms. The zero-order valence-corrected chi connectivity index (χ0v) is 19.8. The summed E-state index contributed by atoms with van der Waals surface area (Å²) in [6.07, 6.45) is 4.17. The fourth-order valence-corrected chi connectivity index (χ4v) is 4.65. The number of amides is 2. The molecule has 9 nitrogen and oxygen atoms in total. The van der Waals surface area contributed by atoms with Gasteiger partial charge in [-0.1, -0.05) is 12.1 Å². The highest BCUT2D eigenvalue weighted by Crippen LogP contribution is 2.30. The van der Waals surface area contributed by atoms with Crippen LogP contribution < -0.4 is 20.1 Å². The summed E-state index contributed by atoms with van der Waals surface area (Å²) in [4.78, 5) is 23.8. The molecule has 2 aromatic heterocycles. The quantitative estimate of drug-likeness (QED) is 0.548. The molecule has 0 radical (unpaired) electrons. The lowest BCUT2D eigenvalue weighted by molar-refractivity contribution is 0.165. The summed E-state index contributed by atoms with van der Waals surface area (Å²) >= 11 is 1.28. The number of nitrogens with zero attached hydrogens (tertiary/aromatic N) is 4. The zero-order chi connectivity index (χ0) is 23.2. The number of carbonyl (C=O) groups is 1. The van der Waals surface area contributed by atoms with E-state index in [9.17, 15) is 4.79 Å². The smallest absolute Gasteiger partial charge is 0.320 e. The Hall–Kier alpha value is -3.24. The largest absolute Gasteiger partial charge is 0.497 e. The average Bonchev–Trinajstić information content (AvgIpc) is 3.24. The van der Waals surface area contributed by atoms with Crippen LogP contribution in [0.1, 0.15) is 29.4 Å². The molecule has 10 heteroatoms. The Morgan fingerprint density at radius 2 is 1.88 bits per heavy atom. The van der Waals surface area contributed by atoms with Gasteiger partial charge in [-0.25, -0.2) is 14.8 Å². The summed E-state index contributed by atoms with van der Waals surface area (Å²) in [6.45, 7) is 4.14. The van der Waals surface area contributed by atoms with Crippen molar-refractivity contribution >= 4 is 22.6 Å². The Balaban J connectivity index is 1.47. The molecule has 3 aromatic rings. The normalized spacial score (nSPS) is 18.5. The second-order valence-corrected chi connectivity index (χ2v) is 8.79. The molecule has 1 aliphatic heterocycles. The molecule has 2 amide bonds. The molecule has 174 valence electrons. The monoisotopic (exact) mass is 468 g/mol. The van der Waals surface area contributed by atoms with E-state index in [2.05, 4.69) is 42.0 Å². The summed E-state index contributed by atoms with van der Waals surface area (Å²) < 4.78 is 14.7. The topological polar surface area (TPSA) is 102 Å². The Kier molecular flexibility index (Phi) is 7.36. The van der Waals surface area contributed by atoms with E-state index in [0.29, 0.717) is 12.3 Å². The first-order valence-corrected chi connectivity index (χ1v) is 11.5. The highest BCUT2D eigenvalue weighted by Gasteiger charge is 2.32. The van der Waals surface area contributed by atoms with Gasteiger partial charge in [0.25, 0.3) is 0 Å². The van der Waals surface area contributed by atoms with Gasteiger partial charge in [-0.05, 0) is 48.6 Å². The minimum Gasteiger partial charge on any atom is -0.497 e. The first kappa shape index (κ1) is 22.9. The number of nitrogens with one attached hydrogen (secondary N) is 2. The van der Waals surface area contributed by atoms with E-state index in [-0.39, 0.29) is 18.0 Å². The third-order valence-electron chi connectivity index (χ3n) is 5.70. The second-order valence-electron chi connectivity index (χ2n) is 7.98. The van der Waals surface area contributed by atoms with Gasteiger partial charge in [-0.15, -0.1) is 0 Å². The van der Waals surface area contributed by atoms with Crippen molar-refractivity contribution in [1.82, 2.24) is 24.6 Å². The summed E-state index contributed by atoms with van der Waals surface area (Å²) in [6, 6.07) is 9.68. The molecule has 0 spiro atoms. The van der Waals surface area contributed by atoms with E-state index in [4.69, 9.17) is 9.47 Å². The van der Waals surface area contributed by atoms with Crippen LogP contribution in [0.3, 0.4) is 0 Å². The number of benzene rings is 1. The molecule has 1 saturated heterocycles. The summed E-state index contributed by atoms with van der Waals surface area (Å²) in [5.41, 5.74) is 2.04. The second kappa shape index (κ2) is 10.6. The zero-order valence-electron chi connectivity index (χ0n) is 18.9. The highest BCUT2D eigenvalue weighted by atomic mass is 32.1. The molecule has 1 aliphatic rings. The van der Waals surface area contributed by atoms with Crippen LogP contribution in [0.5, 0.6) is 11.5 Å². The molecule has 0 bridgehead atoms. The van der Waals surface area contributed by atoms with Gasteiger partial charge in [0.15, 0.2) is 5.75 Å². The lowest BCUT2D eigenvalue weighted by atomic mass is 9.86. The molecule has 3 heterocycles. The van der Waals surface area contributed by atoms with E-state index in [1.165, 1.54) is 11.5 Å². The van der Waals surface area contributed by atoms with Crippen LogP contribution in [0.4, 0.5) is 9.80 Å². The maximum atomic E-state index is 12.7. The molecule has 1 unspecified atom stereocenters. The summed E-state index contributed by atoms with van der Waals surface area (Å²) in [5, 5.41) is 6.82. The predicted molar refractivity (Wildman–Crippen MR) is 127 cm³/mol. The van der Waals surface area contributed by atoms with E-state index >= 15 is 0 Å². The maximum Gasteiger partial charge on any atom is 0.320 e. The standard InChI is InChI=1S/C23H28N6O3S/c1-15-10-22(33-28-15)27-23(30)26-20-8-9-29(14-21-24-11-18(32-3)12-25-21)13-19(20)16-4-6-17(31-2)7-5-16/h4-7,10-12,19-20H,8-9,13-14H2,1-3H3,(H2,26,27,30)/t19?,20-/m1/s1. The molecular formula is C23H28N6O3S. The van der Waals surface area contributed by atoms with Crippen LogP contribution in [0.25, 0.3) is 0 Å². The van der Waals surface area contributed by atoms with Gasteiger partial charge >= 0.3 is 6.03 Å². The van der Waals surface area contributed by atoms with Crippen molar-refractivity contribution in [3.63, 3.8) is 0 Å². The average molecular weight is 469 g/mol.